The van der Waals surface area contributed by atoms with Crippen LogP contribution in [0.4, 0.5) is 11.4 Å². The van der Waals surface area contributed by atoms with Gasteiger partial charge in [0.25, 0.3) is 0 Å². The fourth-order valence-electron chi connectivity index (χ4n) is 3.94. The van der Waals surface area contributed by atoms with Crippen molar-refractivity contribution in [1.82, 2.24) is 0 Å². The zero-order valence-electron chi connectivity index (χ0n) is 15.2. The molecule has 5 heteroatoms. The molecule has 0 saturated carbocycles. The van der Waals surface area contributed by atoms with Gasteiger partial charge in [-0.25, -0.2) is 0 Å². The number of para-hydroxylation sites is 2. The second-order valence-corrected chi connectivity index (χ2v) is 7.13. The van der Waals surface area contributed by atoms with Crippen molar-refractivity contribution in [2.75, 3.05) is 22.9 Å². The Morgan fingerprint density at radius 1 is 0.852 bits per heavy atom. The summed E-state index contributed by atoms with van der Waals surface area (Å²) >= 11 is 0. The summed E-state index contributed by atoms with van der Waals surface area (Å²) in [6.45, 7) is 0.607. The van der Waals surface area contributed by atoms with Crippen LogP contribution in [0, 0.1) is 0 Å². The van der Waals surface area contributed by atoms with Crippen molar-refractivity contribution in [3.05, 3.63) is 59.7 Å². The summed E-state index contributed by atoms with van der Waals surface area (Å²) in [5.74, 6) is -0.522. The Labute approximate surface area is 158 Å². The Kier molecular flexibility index (Phi) is 4.75. The van der Waals surface area contributed by atoms with Crippen LogP contribution in [0.25, 0.3) is 0 Å². The number of hydrogen-bond acceptors (Lipinski definition) is 3. The van der Waals surface area contributed by atoms with Gasteiger partial charge in [0, 0.05) is 24.3 Å². The Morgan fingerprint density at radius 2 is 1.56 bits per heavy atom. The molecule has 0 atom stereocenters. The van der Waals surface area contributed by atoms with Crippen LogP contribution in [0.3, 0.4) is 0 Å². The zero-order chi connectivity index (χ0) is 18.8. The van der Waals surface area contributed by atoms with Gasteiger partial charge in [0.15, 0.2) is 0 Å². The normalized spacial score (nSPS) is 17.0. The minimum Gasteiger partial charge on any atom is -0.311 e. The quantitative estimate of drug-likeness (QED) is 0.772. The molecule has 2 aromatic carbocycles. The molecule has 0 aromatic heterocycles. The standard InChI is InChI=1S/C22H22N2O3/c25-18-13-17-9-2-4-11-20(17)24(21(26)14-18)15-22(27)23-12-6-5-8-16-7-1-3-10-19(16)23/h1-4,7,9-11H,5-6,8,12-15H2. The molecule has 0 N–H and O–H groups in total. The lowest BCUT2D eigenvalue weighted by molar-refractivity contribution is -0.127. The topological polar surface area (TPSA) is 57.7 Å². The molecule has 5 nitrogen and oxygen atoms in total. The minimum absolute atomic E-state index is 0.0442. The highest BCUT2D eigenvalue weighted by Gasteiger charge is 2.30. The molecule has 0 aliphatic carbocycles. The third kappa shape index (κ3) is 3.50. The average Bonchev–Trinajstić information content (AvgIpc) is 2.94. The molecule has 138 valence electrons. The van der Waals surface area contributed by atoms with Crippen molar-refractivity contribution in [2.24, 2.45) is 0 Å². The molecule has 2 amide bonds. The number of amides is 2. The molecular formula is C22H22N2O3. The van der Waals surface area contributed by atoms with Gasteiger partial charge in [0.1, 0.15) is 12.3 Å². The summed E-state index contributed by atoms with van der Waals surface area (Å²) in [4.78, 5) is 41.2. The van der Waals surface area contributed by atoms with Crippen molar-refractivity contribution in [1.29, 1.82) is 0 Å². The van der Waals surface area contributed by atoms with Gasteiger partial charge in [-0.2, -0.15) is 0 Å². The molecule has 2 aliphatic rings. The van der Waals surface area contributed by atoms with Crippen LogP contribution < -0.4 is 9.80 Å². The molecular weight excluding hydrogens is 340 g/mol. The number of anilines is 2. The van der Waals surface area contributed by atoms with Crippen LogP contribution in [0.5, 0.6) is 0 Å². The molecule has 2 aromatic rings. The SMILES string of the molecule is O=C1CC(=O)N(CC(=O)N2CCCCc3ccccc32)c2ccccc2C1. The molecule has 0 radical (unpaired) electrons. The summed E-state index contributed by atoms with van der Waals surface area (Å²) in [6, 6.07) is 15.3. The van der Waals surface area contributed by atoms with Gasteiger partial charge < -0.3 is 9.80 Å². The minimum atomic E-state index is -0.304. The molecule has 0 bridgehead atoms. The first-order valence-electron chi connectivity index (χ1n) is 9.42. The number of carbonyl (C=O) groups excluding carboxylic acids is 3. The van der Waals surface area contributed by atoms with Gasteiger partial charge in [-0.15, -0.1) is 0 Å². The van der Waals surface area contributed by atoms with E-state index in [0.717, 1.165) is 30.5 Å². The van der Waals surface area contributed by atoms with Gasteiger partial charge >= 0.3 is 0 Å². The number of rotatable bonds is 2. The van der Waals surface area contributed by atoms with Crippen LogP contribution in [0.2, 0.25) is 0 Å². The van der Waals surface area contributed by atoms with E-state index in [4.69, 9.17) is 0 Å². The van der Waals surface area contributed by atoms with Crippen LogP contribution in [0.1, 0.15) is 30.4 Å². The first-order chi connectivity index (χ1) is 13.1. The van der Waals surface area contributed by atoms with Gasteiger partial charge in [-0.3, -0.25) is 14.4 Å². The fraction of sp³-hybridized carbons (Fsp3) is 0.318. The van der Waals surface area contributed by atoms with E-state index < -0.39 is 0 Å². The number of Topliss-reactive ketones (excluding diaryl/α,β-unsaturated/α-hetero) is 1. The van der Waals surface area contributed by atoms with Crippen molar-refractivity contribution >= 4 is 29.0 Å². The van der Waals surface area contributed by atoms with Crippen LogP contribution in [-0.4, -0.2) is 30.7 Å². The van der Waals surface area contributed by atoms with Crippen molar-refractivity contribution in [3.8, 4) is 0 Å². The highest BCUT2D eigenvalue weighted by atomic mass is 16.2. The first kappa shape index (κ1) is 17.5. The number of hydrogen-bond donors (Lipinski definition) is 0. The molecule has 4 rings (SSSR count). The summed E-state index contributed by atoms with van der Waals surface area (Å²) < 4.78 is 0. The van der Waals surface area contributed by atoms with Crippen molar-refractivity contribution in [3.63, 3.8) is 0 Å². The van der Waals surface area contributed by atoms with E-state index >= 15 is 0 Å². The Bertz CT molecular complexity index is 906. The third-order valence-corrected chi connectivity index (χ3v) is 5.27. The zero-order valence-corrected chi connectivity index (χ0v) is 15.2. The summed E-state index contributed by atoms with van der Waals surface area (Å²) in [5, 5.41) is 0. The smallest absolute Gasteiger partial charge is 0.247 e. The predicted molar refractivity (Wildman–Crippen MR) is 104 cm³/mol. The number of fused-ring (bicyclic) bond motifs is 2. The summed E-state index contributed by atoms with van der Waals surface area (Å²) in [7, 11) is 0. The number of carbonyl (C=O) groups is 3. The van der Waals surface area contributed by atoms with Gasteiger partial charge in [-0.05, 0) is 42.5 Å². The van der Waals surface area contributed by atoms with Gasteiger partial charge in [0.2, 0.25) is 11.8 Å². The molecule has 27 heavy (non-hydrogen) atoms. The van der Waals surface area contributed by atoms with Gasteiger partial charge in [-0.1, -0.05) is 36.4 Å². The number of aryl methyl sites for hydroxylation is 1. The fourth-order valence-corrected chi connectivity index (χ4v) is 3.94. The second kappa shape index (κ2) is 7.35. The van der Waals surface area contributed by atoms with Crippen LogP contribution in [0.15, 0.2) is 48.5 Å². The average molecular weight is 362 g/mol. The molecule has 0 unspecified atom stereocenters. The van der Waals surface area contributed by atoms with Crippen molar-refractivity contribution in [2.45, 2.75) is 32.1 Å². The largest absolute Gasteiger partial charge is 0.311 e. The molecule has 2 heterocycles. The molecule has 0 saturated heterocycles. The molecule has 2 aliphatic heterocycles. The lowest BCUT2D eigenvalue weighted by Crippen LogP contribution is -2.43. The highest BCUT2D eigenvalue weighted by molar-refractivity contribution is 6.12. The number of ketones is 1. The maximum absolute atomic E-state index is 13.2. The van der Waals surface area contributed by atoms with E-state index in [2.05, 4.69) is 6.07 Å². The first-order valence-corrected chi connectivity index (χ1v) is 9.42. The van der Waals surface area contributed by atoms with Gasteiger partial charge in [0.05, 0.1) is 6.42 Å². The Balaban J connectivity index is 1.64. The lowest BCUT2D eigenvalue weighted by atomic mass is 10.1. The monoisotopic (exact) mass is 362 g/mol. The van der Waals surface area contributed by atoms with E-state index in [9.17, 15) is 14.4 Å². The molecule has 0 fully saturated rings. The Hall–Kier alpha value is -2.95. The second-order valence-electron chi connectivity index (χ2n) is 7.13. The van der Waals surface area contributed by atoms with E-state index in [1.165, 1.54) is 10.5 Å². The number of nitrogens with zero attached hydrogens (tertiary/aromatic N) is 2. The van der Waals surface area contributed by atoms with Crippen LogP contribution >= 0.6 is 0 Å². The van der Waals surface area contributed by atoms with Crippen molar-refractivity contribution < 1.29 is 14.4 Å². The van der Waals surface area contributed by atoms with Crippen LogP contribution in [-0.2, 0) is 27.2 Å². The van der Waals surface area contributed by atoms with E-state index in [1.807, 2.05) is 42.5 Å². The number of benzene rings is 2. The van der Waals surface area contributed by atoms with E-state index in [0.29, 0.717) is 12.2 Å². The maximum atomic E-state index is 13.2. The van der Waals surface area contributed by atoms with E-state index in [-0.39, 0.29) is 37.0 Å². The highest BCUT2D eigenvalue weighted by Crippen LogP contribution is 2.29. The Morgan fingerprint density at radius 3 is 2.37 bits per heavy atom. The third-order valence-electron chi connectivity index (χ3n) is 5.27. The summed E-state index contributed by atoms with van der Waals surface area (Å²) in [5.41, 5.74) is 3.58. The molecule has 0 spiro atoms. The maximum Gasteiger partial charge on any atom is 0.247 e. The van der Waals surface area contributed by atoms with E-state index in [1.54, 1.807) is 4.90 Å². The predicted octanol–water partition coefficient (Wildman–Crippen LogP) is 2.90. The lowest BCUT2D eigenvalue weighted by Gasteiger charge is -2.28. The summed E-state index contributed by atoms with van der Waals surface area (Å²) in [6.07, 6.45) is 3.02.